The molecule has 0 saturated heterocycles. The summed E-state index contributed by atoms with van der Waals surface area (Å²) in [5.74, 6) is 3.46. The lowest BCUT2D eigenvalue weighted by molar-refractivity contribution is -0.0688. The molecule has 0 aromatic heterocycles. The lowest BCUT2D eigenvalue weighted by Crippen LogP contribution is -2.55. The molecule has 1 N–H and O–H groups in total. The summed E-state index contributed by atoms with van der Waals surface area (Å²) in [6, 6.07) is 3.53. The second kappa shape index (κ2) is 6.63. The Labute approximate surface area is 160 Å². The van der Waals surface area contributed by atoms with Gasteiger partial charge in [0.25, 0.3) is 5.91 Å². The van der Waals surface area contributed by atoms with E-state index >= 15 is 0 Å². The van der Waals surface area contributed by atoms with Crippen LogP contribution in [0.3, 0.4) is 0 Å². The van der Waals surface area contributed by atoms with Crippen molar-refractivity contribution in [2.45, 2.75) is 51.5 Å². The summed E-state index contributed by atoms with van der Waals surface area (Å²) in [7, 11) is 3.09. The van der Waals surface area contributed by atoms with Crippen LogP contribution in [0, 0.1) is 23.2 Å². The molecule has 1 atom stereocenters. The van der Waals surface area contributed by atoms with Gasteiger partial charge in [0, 0.05) is 11.6 Å². The third-order valence-electron chi connectivity index (χ3n) is 7.05. The van der Waals surface area contributed by atoms with Crippen molar-refractivity contribution in [3.05, 3.63) is 22.7 Å². The van der Waals surface area contributed by atoms with E-state index in [0.29, 0.717) is 22.1 Å². The summed E-state index contributed by atoms with van der Waals surface area (Å²) in [5, 5.41) is 3.66. The molecule has 4 saturated carbocycles. The second-order valence-electron chi connectivity index (χ2n) is 8.67. The lowest BCUT2D eigenvalue weighted by Gasteiger charge is -2.59. The molecule has 4 aliphatic carbocycles. The zero-order valence-electron chi connectivity index (χ0n) is 15.8. The summed E-state index contributed by atoms with van der Waals surface area (Å²) < 4.78 is 10.6. The number of hydrogen-bond acceptors (Lipinski definition) is 3. The third kappa shape index (κ3) is 2.96. The first-order chi connectivity index (χ1) is 12.4. The van der Waals surface area contributed by atoms with E-state index in [1.54, 1.807) is 26.4 Å². The van der Waals surface area contributed by atoms with E-state index in [1.807, 2.05) is 0 Å². The fraction of sp³-hybridized carbons (Fsp3) is 0.667. The van der Waals surface area contributed by atoms with Crippen molar-refractivity contribution < 1.29 is 14.3 Å². The Morgan fingerprint density at radius 1 is 1.12 bits per heavy atom. The largest absolute Gasteiger partial charge is 0.493 e. The minimum atomic E-state index is -0.0869. The first-order valence-corrected chi connectivity index (χ1v) is 10.0. The molecule has 4 fully saturated rings. The van der Waals surface area contributed by atoms with Gasteiger partial charge in [-0.15, -0.1) is 0 Å². The summed E-state index contributed by atoms with van der Waals surface area (Å²) in [6.07, 6.45) is 8.04. The fourth-order valence-corrected chi connectivity index (χ4v) is 6.48. The number of benzene rings is 1. The Morgan fingerprint density at radius 3 is 2.19 bits per heavy atom. The van der Waals surface area contributed by atoms with Crippen molar-refractivity contribution in [3.63, 3.8) is 0 Å². The van der Waals surface area contributed by atoms with Gasteiger partial charge in [-0.2, -0.15) is 0 Å². The normalized spacial score (nSPS) is 33.0. The minimum Gasteiger partial charge on any atom is -0.493 e. The highest BCUT2D eigenvalue weighted by Gasteiger charge is 2.53. The number of nitrogens with one attached hydrogen (secondary N) is 1. The van der Waals surface area contributed by atoms with Gasteiger partial charge >= 0.3 is 0 Å². The molecule has 4 bridgehead atoms. The van der Waals surface area contributed by atoms with E-state index in [0.717, 1.165) is 17.8 Å². The Balaban J connectivity index is 1.52. The number of halogens is 1. The van der Waals surface area contributed by atoms with Crippen LogP contribution >= 0.6 is 11.6 Å². The summed E-state index contributed by atoms with van der Waals surface area (Å²) in [6.45, 7) is 2.19. The van der Waals surface area contributed by atoms with Gasteiger partial charge < -0.3 is 14.8 Å². The van der Waals surface area contributed by atoms with Gasteiger partial charge in [0.15, 0.2) is 11.5 Å². The first-order valence-electron chi connectivity index (χ1n) is 9.66. The van der Waals surface area contributed by atoms with E-state index in [-0.39, 0.29) is 17.4 Å². The van der Waals surface area contributed by atoms with Crippen LogP contribution in [0.5, 0.6) is 11.5 Å². The van der Waals surface area contributed by atoms with Crippen LogP contribution in [0.1, 0.15) is 55.8 Å². The van der Waals surface area contributed by atoms with Crippen LogP contribution in [-0.2, 0) is 0 Å². The maximum atomic E-state index is 12.9. The molecule has 0 radical (unpaired) electrons. The highest BCUT2D eigenvalue weighted by Crippen LogP contribution is 2.61. The summed E-state index contributed by atoms with van der Waals surface area (Å²) >= 11 is 6.27. The Morgan fingerprint density at radius 2 is 1.69 bits per heavy atom. The quantitative estimate of drug-likeness (QED) is 0.809. The summed E-state index contributed by atoms with van der Waals surface area (Å²) in [4.78, 5) is 12.9. The average Bonchev–Trinajstić information content (AvgIpc) is 2.59. The second-order valence-corrected chi connectivity index (χ2v) is 9.08. The van der Waals surface area contributed by atoms with Crippen LogP contribution in [0.25, 0.3) is 0 Å². The van der Waals surface area contributed by atoms with Crippen LogP contribution in [0.4, 0.5) is 0 Å². The van der Waals surface area contributed by atoms with Gasteiger partial charge in [-0.05, 0) is 80.8 Å². The standard InChI is InChI=1S/C21H28ClNO3/c1-12(21-9-13-4-14(10-21)6-15(5-13)11-21)23-20(24)16-7-17(22)19(26-3)18(8-16)25-2/h7-8,12-15H,4-6,9-11H2,1-3H3,(H,23,24)/t12-,13?,14?,15?,21?/m0/s1. The minimum absolute atomic E-state index is 0.0869. The number of rotatable bonds is 5. The topological polar surface area (TPSA) is 47.6 Å². The van der Waals surface area contributed by atoms with E-state index in [1.165, 1.54) is 38.5 Å². The molecule has 4 nitrogen and oxygen atoms in total. The van der Waals surface area contributed by atoms with Crippen molar-refractivity contribution in [3.8, 4) is 11.5 Å². The zero-order valence-corrected chi connectivity index (χ0v) is 16.6. The molecule has 0 spiro atoms. The highest BCUT2D eigenvalue weighted by atomic mass is 35.5. The van der Waals surface area contributed by atoms with E-state index in [2.05, 4.69) is 12.2 Å². The molecule has 1 aromatic rings. The molecule has 0 unspecified atom stereocenters. The monoisotopic (exact) mass is 377 g/mol. The molecule has 0 heterocycles. The smallest absolute Gasteiger partial charge is 0.251 e. The Hall–Kier alpha value is -1.42. The molecule has 5 rings (SSSR count). The van der Waals surface area contributed by atoms with E-state index in [9.17, 15) is 4.79 Å². The van der Waals surface area contributed by atoms with Crippen molar-refractivity contribution in [2.24, 2.45) is 23.2 Å². The average molecular weight is 378 g/mol. The van der Waals surface area contributed by atoms with Crippen molar-refractivity contribution in [1.82, 2.24) is 5.32 Å². The highest BCUT2D eigenvalue weighted by molar-refractivity contribution is 6.32. The molecular weight excluding hydrogens is 350 g/mol. The molecule has 1 amide bonds. The Kier molecular flexibility index (Phi) is 4.58. The number of hydrogen-bond donors (Lipinski definition) is 1. The van der Waals surface area contributed by atoms with Crippen molar-refractivity contribution >= 4 is 17.5 Å². The SMILES string of the molecule is COc1cc(C(=O)N[C@@H](C)C23CC4CC(CC(C4)C2)C3)cc(Cl)c1OC. The number of ether oxygens (including phenoxy) is 2. The van der Waals surface area contributed by atoms with Gasteiger partial charge in [-0.1, -0.05) is 11.6 Å². The molecule has 1 aromatic carbocycles. The maximum absolute atomic E-state index is 12.9. The molecule has 0 aliphatic heterocycles. The number of carbonyl (C=O) groups is 1. The molecule has 26 heavy (non-hydrogen) atoms. The summed E-state index contributed by atoms with van der Waals surface area (Å²) in [5.41, 5.74) is 0.800. The fourth-order valence-electron chi connectivity index (χ4n) is 6.19. The van der Waals surface area contributed by atoms with E-state index in [4.69, 9.17) is 21.1 Å². The lowest BCUT2D eigenvalue weighted by atomic mass is 9.48. The molecule has 142 valence electrons. The maximum Gasteiger partial charge on any atom is 0.251 e. The van der Waals surface area contributed by atoms with Gasteiger partial charge in [-0.3, -0.25) is 4.79 Å². The third-order valence-corrected chi connectivity index (χ3v) is 7.33. The predicted molar refractivity (Wildman–Crippen MR) is 102 cm³/mol. The number of carbonyl (C=O) groups excluding carboxylic acids is 1. The van der Waals surface area contributed by atoms with Crippen molar-refractivity contribution in [2.75, 3.05) is 14.2 Å². The Bertz CT molecular complexity index is 682. The van der Waals surface area contributed by atoms with Gasteiger partial charge in [0.1, 0.15) is 0 Å². The van der Waals surface area contributed by atoms with Gasteiger partial charge in [-0.25, -0.2) is 0 Å². The number of amides is 1. The predicted octanol–water partition coefficient (Wildman–Crippen LogP) is 4.69. The van der Waals surface area contributed by atoms with Crippen LogP contribution < -0.4 is 14.8 Å². The molecular formula is C21H28ClNO3. The van der Waals surface area contributed by atoms with Gasteiger partial charge in [0.05, 0.1) is 19.2 Å². The molecule has 4 aliphatic rings. The van der Waals surface area contributed by atoms with Crippen LogP contribution in [-0.4, -0.2) is 26.2 Å². The molecule has 5 heteroatoms. The van der Waals surface area contributed by atoms with Crippen molar-refractivity contribution in [1.29, 1.82) is 0 Å². The van der Waals surface area contributed by atoms with Gasteiger partial charge in [0.2, 0.25) is 0 Å². The van der Waals surface area contributed by atoms with Crippen LogP contribution in [0.15, 0.2) is 12.1 Å². The van der Waals surface area contributed by atoms with E-state index < -0.39 is 0 Å². The zero-order chi connectivity index (χ0) is 18.5. The van der Waals surface area contributed by atoms with Crippen LogP contribution in [0.2, 0.25) is 5.02 Å². The number of methoxy groups -OCH3 is 2. The first kappa shape index (κ1) is 18.0.